The van der Waals surface area contributed by atoms with Gasteiger partial charge in [0.2, 0.25) is 0 Å². The van der Waals surface area contributed by atoms with Crippen molar-refractivity contribution in [3.05, 3.63) is 58.2 Å². The summed E-state index contributed by atoms with van der Waals surface area (Å²) >= 11 is 1.39. The van der Waals surface area contributed by atoms with Crippen LogP contribution in [-0.4, -0.2) is 34.4 Å². The number of hydrogen-bond donors (Lipinski definition) is 1. The van der Waals surface area contributed by atoms with Crippen molar-refractivity contribution in [3.8, 4) is 11.3 Å². The van der Waals surface area contributed by atoms with Gasteiger partial charge in [0.15, 0.2) is 0 Å². The topological polar surface area (TPSA) is 69.0 Å². The number of hydrogen-bond acceptors (Lipinski definition) is 5. The fraction of sp³-hybridized carbons (Fsp3) is 0.278. The molecule has 0 aliphatic carbocycles. The largest absolute Gasteiger partial charge is 0.382 e. The van der Waals surface area contributed by atoms with Gasteiger partial charge < -0.3 is 10.1 Å². The van der Waals surface area contributed by atoms with Crippen LogP contribution in [0.25, 0.3) is 11.3 Å². The number of nitrogens with zero attached hydrogens (tertiary/aromatic N) is 3. The summed E-state index contributed by atoms with van der Waals surface area (Å²) in [7, 11) is 3.46. The van der Waals surface area contributed by atoms with Gasteiger partial charge in [-0.15, -0.1) is 11.3 Å². The molecule has 0 radical (unpaired) electrons. The van der Waals surface area contributed by atoms with E-state index in [1.165, 1.54) is 11.3 Å². The molecule has 0 bridgehead atoms. The molecule has 7 heteroatoms. The molecule has 0 fully saturated rings. The maximum atomic E-state index is 12.9. The lowest BCUT2D eigenvalue weighted by atomic mass is 10.1. The van der Waals surface area contributed by atoms with Crippen LogP contribution < -0.4 is 5.32 Å². The van der Waals surface area contributed by atoms with Crippen LogP contribution in [0.2, 0.25) is 0 Å². The minimum absolute atomic E-state index is 0.160. The third-order valence-corrected chi connectivity index (χ3v) is 4.81. The van der Waals surface area contributed by atoms with E-state index in [0.717, 1.165) is 16.3 Å². The Morgan fingerprint density at radius 1 is 1.32 bits per heavy atom. The lowest BCUT2D eigenvalue weighted by Crippen LogP contribution is -2.32. The number of nitrogens with one attached hydrogen (secondary N) is 1. The molecule has 25 heavy (non-hydrogen) atoms. The first-order chi connectivity index (χ1) is 12.1. The molecular formula is C18H20N4O2S. The summed E-state index contributed by atoms with van der Waals surface area (Å²) in [5.74, 6) is -0.160. The summed E-state index contributed by atoms with van der Waals surface area (Å²) in [5, 5.41) is 8.07. The Morgan fingerprint density at radius 3 is 2.72 bits per heavy atom. The van der Waals surface area contributed by atoms with Gasteiger partial charge in [0.25, 0.3) is 5.91 Å². The number of methoxy groups -OCH3 is 1. The first-order valence-corrected chi connectivity index (χ1v) is 8.72. The maximum Gasteiger partial charge on any atom is 0.264 e. The lowest BCUT2D eigenvalue weighted by molar-refractivity contribution is 0.0897. The monoisotopic (exact) mass is 356 g/mol. The Kier molecular flexibility index (Phi) is 5.25. The van der Waals surface area contributed by atoms with Crippen molar-refractivity contribution in [2.75, 3.05) is 13.7 Å². The van der Waals surface area contributed by atoms with Crippen molar-refractivity contribution < 1.29 is 9.53 Å². The minimum Gasteiger partial charge on any atom is -0.382 e. The van der Waals surface area contributed by atoms with Crippen LogP contribution in [0.1, 0.15) is 26.4 Å². The van der Waals surface area contributed by atoms with E-state index in [1.54, 1.807) is 18.0 Å². The molecule has 1 aromatic carbocycles. The normalized spacial score (nSPS) is 12.1. The number of aryl methyl sites for hydroxylation is 2. The average molecular weight is 356 g/mol. The number of aromatic nitrogens is 3. The molecular weight excluding hydrogens is 336 g/mol. The van der Waals surface area contributed by atoms with Crippen molar-refractivity contribution in [1.82, 2.24) is 20.1 Å². The Morgan fingerprint density at radius 2 is 2.08 bits per heavy atom. The van der Waals surface area contributed by atoms with Crippen LogP contribution in [0.4, 0.5) is 0 Å². The second-order valence-electron chi connectivity index (χ2n) is 5.64. The van der Waals surface area contributed by atoms with Crippen LogP contribution in [0.3, 0.4) is 0 Å². The van der Waals surface area contributed by atoms with E-state index in [1.807, 2.05) is 50.4 Å². The molecule has 130 valence electrons. The lowest BCUT2D eigenvalue weighted by Gasteiger charge is -2.18. The van der Waals surface area contributed by atoms with Crippen molar-refractivity contribution in [2.45, 2.75) is 13.0 Å². The average Bonchev–Trinajstić information content (AvgIpc) is 3.21. The maximum absolute atomic E-state index is 12.9. The second-order valence-corrected chi connectivity index (χ2v) is 6.84. The summed E-state index contributed by atoms with van der Waals surface area (Å²) < 4.78 is 7.01. The zero-order valence-corrected chi connectivity index (χ0v) is 15.2. The van der Waals surface area contributed by atoms with Gasteiger partial charge in [-0.05, 0) is 13.0 Å². The van der Waals surface area contributed by atoms with Crippen molar-refractivity contribution in [3.63, 3.8) is 0 Å². The first-order valence-electron chi connectivity index (χ1n) is 7.90. The highest BCUT2D eigenvalue weighted by Gasteiger charge is 2.23. The fourth-order valence-electron chi connectivity index (χ4n) is 2.69. The Labute approximate surface area is 150 Å². The summed E-state index contributed by atoms with van der Waals surface area (Å²) in [6.45, 7) is 2.27. The molecule has 1 amide bonds. The van der Waals surface area contributed by atoms with Gasteiger partial charge in [-0.25, -0.2) is 4.98 Å². The van der Waals surface area contributed by atoms with E-state index in [-0.39, 0.29) is 11.9 Å². The molecule has 0 spiro atoms. The van der Waals surface area contributed by atoms with Crippen molar-refractivity contribution >= 4 is 17.2 Å². The van der Waals surface area contributed by atoms with Crippen LogP contribution in [0.15, 0.2) is 42.6 Å². The molecule has 1 N–H and O–H groups in total. The van der Waals surface area contributed by atoms with Crippen molar-refractivity contribution in [2.24, 2.45) is 7.05 Å². The van der Waals surface area contributed by atoms with Gasteiger partial charge in [-0.2, -0.15) is 5.10 Å². The second kappa shape index (κ2) is 7.58. The number of amides is 1. The molecule has 0 aliphatic heterocycles. The summed E-state index contributed by atoms with van der Waals surface area (Å²) in [6, 6.07) is 11.3. The number of benzene rings is 1. The third kappa shape index (κ3) is 3.78. The molecule has 3 aromatic rings. The predicted molar refractivity (Wildman–Crippen MR) is 97.6 cm³/mol. The van der Waals surface area contributed by atoms with Gasteiger partial charge in [-0.1, -0.05) is 30.3 Å². The zero-order chi connectivity index (χ0) is 17.8. The van der Waals surface area contributed by atoms with Crippen molar-refractivity contribution in [1.29, 1.82) is 0 Å². The molecule has 1 atom stereocenters. The number of carbonyl (C=O) groups excluding carboxylic acids is 1. The van der Waals surface area contributed by atoms with E-state index < -0.39 is 0 Å². The zero-order valence-electron chi connectivity index (χ0n) is 14.4. The Hall–Kier alpha value is -2.51. The highest BCUT2D eigenvalue weighted by atomic mass is 32.1. The smallest absolute Gasteiger partial charge is 0.264 e. The summed E-state index contributed by atoms with van der Waals surface area (Å²) in [4.78, 5) is 18.1. The molecule has 2 aromatic heterocycles. The van der Waals surface area contributed by atoms with Gasteiger partial charge in [-0.3, -0.25) is 9.48 Å². The fourth-order valence-corrected chi connectivity index (χ4v) is 3.53. The molecule has 3 rings (SSSR count). The molecule has 6 nitrogen and oxygen atoms in total. The van der Waals surface area contributed by atoms with Gasteiger partial charge >= 0.3 is 0 Å². The number of carbonyl (C=O) groups is 1. The highest BCUT2D eigenvalue weighted by Crippen LogP contribution is 2.28. The number of ether oxygens (including phenoxy) is 1. The predicted octanol–water partition coefficient (Wildman–Crippen LogP) is 2.97. The Bertz CT molecular complexity index is 857. The van der Waals surface area contributed by atoms with Gasteiger partial charge in [0.05, 0.1) is 29.0 Å². The number of rotatable bonds is 6. The van der Waals surface area contributed by atoms with Gasteiger partial charge in [0, 0.05) is 25.9 Å². The molecule has 2 heterocycles. The molecule has 0 unspecified atom stereocenters. The van der Waals surface area contributed by atoms with Crippen LogP contribution in [-0.2, 0) is 11.8 Å². The molecule has 0 saturated carbocycles. The summed E-state index contributed by atoms with van der Waals surface area (Å²) in [6.07, 6.45) is 1.70. The SMILES string of the molecule is COC[C@@H](NC(=O)c1sc(C)nc1-c1ccccc1)c1ccnn1C. The van der Waals surface area contributed by atoms with E-state index in [4.69, 9.17) is 4.74 Å². The Balaban J connectivity index is 1.89. The van der Waals surface area contributed by atoms with Crippen LogP contribution in [0, 0.1) is 6.92 Å². The summed E-state index contributed by atoms with van der Waals surface area (Å²) in [5.41, 5.74) is 2.53. The number of thiazole rings is 1. The highest BCUT2D eigenvalue weighted by molar-refractivity contribution is 7.14. The standard InChI is InChI=1S/C18H20N4O2S/c1-12-20-16(13-7-5-4-6-8-13)17(25-12)18(23)21-14(11-24-3)15-9-10-19-22(15)2/h4-10,14H,11H2,1-3H3,(H,21,23)/t14-/m1/s1. The van der Waals surface area contributed by atoms with Gasteiger partial charge in [0.1, 0.15) is 4.88 Å². The molecule has 0 saturated heterocycles. The van der Waals surface area contributed by atoms with E-state index in [2.05, 4.69) is 15.4 Å². The quantitative estimate of drug-likeness (QED) is 0.737. The molecule has 0 aliphatic rings. The van der Waals surface area contributed by atoms with E-state index in [0.29, 0.717) is 17.2 Å². The van der Waals surface area contributed by atoms with E-state index >= 15 is 0 Å². The van der Waals surface area contributed by atoms with Crippen LogP contribution in [0.5, 0.6) is 0 Å². The van der Waals surface area contributed by atoms with Crippen LogP contribution >= 0.6 is 11.3 Å². The minimum atomic E-state index is -0.281. The van der Waals surface area contributed by atoms with E-state index in [9.17, 15) is 4.79 Å². The first kappa shape index (κ1) is 17.3. The third-order valence-electron chi connectivity index (χ3n) is 3.84.